The molecule has 0 fully saturated rings. The molecule has 1 rings (SSSR count). The maximum Gasteiger partial charge on any atom is 0.162 e. The van der Waals surface area contributed by atoms with E-state index in [1.807, 2.05) is 0 Å². The zero-order chi connectivity index (χ0) is 14.3. The van der Waals surface area contributed by atoms with Gasteiger partial charge < -0.3 is 5.11 Å². The number of rotatable bonds is 8. The molecule has 1 aromatic rings. The molecule has 2 nitrogen and oxygen atoms in total. The van der Waals surface area contributed by atoms with Gasteiger partial charge in [-0.05, 0) is 63.7 Å². The van der Waals surface area contributed by atoms with Crippen molar-refractivity contribution in [3.63, 3.8) is 0 Å². The predicted molar refractivity (Wildman–Crippen MR) is 95.9 cm³/mol. The van der Waals surface area contributed by atoms with Crippen LogP contribution < -0.4 is 0 Å². The molecule has 0 aliphatic carbocycles. The van der Waals surface area contributed by atoms with Crippen molar-refractivity contribution >= 4 is 51.0 Å². The van der Waals surface area contributed by atoms with Crippen LogP contribution in [-0.2, 0) is 0 Å². The van der Waals surface area contributed by atoms with Crippen molar-refractivity contribution in [1.29, 1.82) is 0 Å². The minimum absolute atomic E-state index is 0.186. The molecule has 0 bridgehead atoms. The molecule has 0 amide bonds. The van der Waals surface area contributed by atoms with Gasteiger partial charge in [0.05, 0.1) is 7.14 Å². The van der Waals surface area contributed by atoms with Gasteiger partial charge in [-0.2, -0.15) is 0 Å². The number of carbonyl (C=O) groups excluding carboxylic acids is 1. The van der Waals surface area contributed by atoms with Gasteiger partial charge in [0.15, 0.2) is 5.78 Å². The number of hydrogen-bond acceptors (Lipinski definition) is 2. The molecular weight excluding hydrogens is 466 g/mol. The number of halogens is 2. The van der Waals surface area contributed by atoms with Crippen LogP contribution in [0.1, 0.15) is 62.2 Å². The smallest absolute Gasteiger partial charge is 0.162 e. The van der Waals surface area contributed by atoms with Crippen LogP contribution in [0.2, 0.25) is 0 Å². The third-order valence-corrected chi connectivity index (χ3v) is 4.74. The average Bonchev–Trinajstić information content (AvgIpc) is 2.39. The Morgan fingerprint density at radius 1 is 1.05 bits per heavy atom. The molecular formula is C15H20I2O2. The zero-order valence-electron chi connectivity index (χ0n) is 11.2. The Labute approximate surface area is 142 Å². The third-order valence-electron chi connectivity index (χ3n) is 3.10. The van der Waals surface area contributed by atoms with Crippen molar-refractivity contribution in [2.24, 2.45) is 0 Å². The van der Waals surface area contributed by atoms with Gasteiger partial charge in [0, 0.05) is 12.0 Å². The summed E-state index contributed by atoms with van der Waals surface area (Å²) in [6.07, 6.45) is 7.77. The number of Topliss-reactive ketones (excluding diaryl/α,β-unsaturated/α-hetero) is 1. The number of unbranched alkanes of at least 4 members (excludes halogenated alkanes) is 5. The van der Waals surface area contributed by atoms with Gasteiger partial charge in [-0.1, -0.05) is 39.0 Å². The first kappa shape index (κ1) is 17.2. The molecule has 1 aromatic carbocycles. The van der Waals surface area contributed by atoms with Crippen LogP contribution in [-0.4, -0.2) is 10.9 Å². The number of carbonyl (C=O) groups is 1. The number of ketones is 1. The molecule has 0 radical (unpaired) electrons. The van der Waals surface area contributed by atoms with E-state index in [9.17, 15) is 9.90 Å². The second-order valence-electron chi connectivity index (χ2n) is 4.73. The van der Waals surface area contributed by atoms with E-state index in [1.165, 1.54) is 25.7 Å². The van der Waals surface area contributed by atoms with E-state index in [1.54, 1.807) is 12.1 Å². The summed E-state index contributed by atoms with van der Waals surface area (Å²) in [7, 11) is 0. The molecule has 106 valence electrons. The normalized spacial score (nSPS) is 10.7. The maximum absolute atomic E-state index is 12.1. The Bertz CT molecular complexity index is 407. The topological polar surface area (TPSA) is 37.3 Å². The van der Waals surface area contributed by atoms with Crippen LogP contribution >= 0.6 is 45.2 Å². The van der Waals surface area contributed by atoms with Crippen molar-refractivity contribution < 1.29 is 9.90 Å². The highest BCUT2D eigenvalue weighted by Crippen LogP contribution is 2.28. The van der Waals surface area contributed by atoms with Crippen LogP contribution in [0.3, 0.4) is 0 Å². The number of hydrogen-bond donors (Lipinski definition) is 1. The number of phenolic OH excluding ortho intramolecular Hbond substituents is 1. The molecule has 0 aliphatic heterocycles. The molecule has 4 heteroatoms. The first-order valence-electron chi connectivity index (χ1n) is 6.77. The summed E-state index contributed by atoms with van der Waals surface area (Å²) in [5.41, 5.74) is 0.722. The molecule has 0 spiro atoms. The van der Waals surface area contributed by atoms with Gasteiger partial charge in [-0.15, -0.1) is 0 Å². The van der Waals surface area contributed by atoms with Gasteiger partial charge in [0.1, 0.15) is 5.75 Å². The van der Waals surface area contributed by atoms with E-state index in [0.29, 0.717) is 6.42 Å². The summed E-state index contributed by atoms with van der Waals surface area (Å²) in [6.45, 7) is 2.21. The van der Waals surface area contributed by atoms with E-state index < -0.39 is 0 Å². The molecule has 0 aliphatic rings. The fraction of sp³-hybridized carbons (Fsp3) is 0.533. The second-order valence-corrected chi connectivity index (χ2v) is 7.05. The summed E-state index contributed by atoms with van der Waals surface area (Å²) in [5, 5.41) is 9.68. The molecule has 0 saturated heterocycles. The highest BCUT2D eigenvalue weighted by atomic mass is 127. The summed E-state index contributed by atoms with van der Waals surface area (Å²) in [5.74, 6) is 0.462. The van der Waals surface area contributed by atoms with E-state index >= 15 is 0 Å². The molecule has 1 N–H and O–H groups in total. The Morgan fingerprint density at radius 2 is 1.58 bits per heavy atom. The first-order valence-corrected chi connectivity index (χ1v) is 8.93. The van der Waals surface area contributed by atoms with Crippen molar-refractivity contribution in [3.8, 4) is 5.75 Å². The van der Waals surface area contributed by atoms with Crippen molar-refractivity contribution in [3.05, 3.63) is 24.8 Å². The Hall–Kier alpha value is 0.150. The Balaban J connectivity index is 2.42. The summed E-state index contributed by atoms with van der Waals surface area (Å²) in [4.78, 5) is 12.1. The monoisotopic (exact) mass is 486 g/mol. The van der Waals surface area contributed by atoms with E-state index in [-0.39, 0.29) is 11.5 Å². The lowest BCUT2D eigenvalue weighted by atomic mass is 10.0. The predicted octanol–water partition coefficient (Wildman–Crippen LogP) is 5.53. The fourth-order valence-electron chi connectivity index (χ4n) is 1.94. The molecule has 0 aromatic heterocycles. The minimum atomic E-state index is 0.186. The summed E-state index contributed by atoms with van der Waals surface area (Å²) < 4.78 is 1.49. The highest BCUT2D eigenvalue weighted by Gasteiger charge is 2.11. The quantitative estimate of drug-likeness (QED) is 0.298. The second kappa shape index (κ2) is 9.15. The lowest BCUT2D eigenvalue weighted by Gasteiger charge is -2.05. The van der Waals surface area contributed by atoms with Crippen LogP contribution in [0.25, 0.3) is 0 Å². The van der Waals surface area contributed by atoms with E-state index in [0.717, 1.165) is 25.5 Å². The zero-order valence-corrected chi connectivity index (χ0v) is 15.5. The lowest BCUT2D eigenvalue weighted by Crippen LogP contribution is -2.00. The summed E-state index contributed by atoms with van der Waals surface area (Å²) in [6, 6.07) is 3.55. The largest absolute Gasteiger partial charge is 0.506 e. The molecule has 0 atom stereocenters. The van der Waals surface area contributed by atoms with Gasteiger partial charge in [0.25, 0.3) is 0 Å². The van der Waals surface area contributed by atoms with Crippen molar-refractivity contribution in [1.82, 2.24) is 0 Å². The fourth-order valence-corrected chi connectivity index (χ4v) is 3.70. The van der Waals surface area contributed by atoms with E-state index in [4.69, 9.17) is 0 Å². The minimum Gasteiger partial charge on any atom is -0.506 e. The molecule has 0 saturated carbocycles. The van der Waals surface area contributed by atoms with Gasteiger partial charge in [-0.25, -0.2) is 0 Å². The van der Waals surface area contributed by atoms with Crippen LogP contribution in [0.5, 0.6) is 5.75 Å². The van der Waals surface area contributed by atoms with E-state index in [2.05, 4.69) is 52.1 Å². The summed E-state index contributed by atoms with van der Waals surface area (Å²) >= 11 is 4.12. The Kier molecular flexibility index (Phi) is 8.29. The van der Waals surface area contributed by atoms with Gasteiger partial charge in [0.2, 0.25) is 0 Å². The Morgan fingerprint density at radius 3 is 2.16 bits per heavy atom. The van der Waals surface area contributed by atoms with Gasteiger partial charge >= 0.3 is 0 Å². The number of benzene rings is 1. The standard InChI is InChI=1S/C15H20I2O2/c1-2-3-4-5-6-7-8-14(18)11-9-12(16)15(19)13(17)10-11/h9-10,19H,2-8H2,1H3. The molecule has 0 heterocycles. The van der Waals surface area contributed by atoms with Crippen LogP contribution in [0, 0.1) is 7.14 Å². The SMILES string of the molecule is CCCCCCCCC(=O)c1cc(I)c(O)c(I)c1. The van der Waals surface area contributed by atoms with Crippen LogP contribution in [0.15, 0.2) is 12.1 Å². The molecule has 19 heavy (non-hydrogen) atoms. The molecule has 0 unspecified atom stereocenters. The number of aromatic hydroxyl groups is 1. The number of phenols is 1. The van der Waals surface area contributed by atoms with Crippen LogP contribution in [0.4, 0.5) is 0 Å². The van der Waals surface area contributed by atoms with Gasteiger partial charge in [-0.3, -0.25) is 4.79 Å². The maximum atomic E-state index is 12.1. The third kappa shape index (κ3) is 5.97. The highest BCUT2D eigenvalue weighted by molar-refractivity contribution is 14.1. The first-order chi connectivity index (χ1) is 9.06. The average molecular weight is 486 g/mol. The van der Waals surface area contributed by atoms with Crippen molar-refractivity contribution in [2.45, 2.75) is 51.9 Å². The lowest BCUT2D eigenvalue weighted by molar-refractivity contribution is 0.0979. The van der Waals surface area contributed by atoms with Crippen molar-refractivity contribution in [2.75, 3.05) is 0 Å².